The number of carbonyl (C=O) groups excluding carboxylic acids is 1. The van der Waals surface area contributed by atoms with Gasteiger partial charge in [0.05, 0.1) is 16.1 Å². The van der Waals surface area contributed by atoms with E-state index in [1.165, 1.54) is 0 Å². The van der Waals surface area contributed by atoms with Crippen LogP contribution in [0.15, 0.2) is 95.9 Å². The van der Waals surface area contributed by atoms with Crippen LogP contribution in [-0.2, 0) is 20.0 Å². The van der Waals surface area contributed by atoms with Crippen LogP contribution >= 0.6 is 0 Å². The quantitative estimate of drug-likeness (QED) is 0.703. The molecule has 0 aliphatic rings. The third-order valence-corrected chi connectivity index (χ3v) is 6.47. The monoisotopic (exact) mass is 379 g/mol. The van der Waals surface area contributed by atoms with E-state index in [2.05, 4.69) is 5.32 Å². The van der Waals surface area contributed by atoms with Crippen molar-refractivity contribution in [2.45, 2.75) is 17.2 Å². The summed E-state index contributed by atoms with van der Waals surface area (Å²) in [6.45, 7) is 1.67. The molecule has 1 amide bonds. The van der Waals surface area contributed by atoms with Gasteiger partial charge < -0.3 is 5.32 Å². The molecule has 4 nitrogen and oxygen atoms in total. The molecule has 0 saturated carbocycles. The zero-order valence-corrected chi connectivity index (χ0v) is 15.8. The van der Waals surface area contributed by atoms with E-state index in [0.717, 1.165) is 0 Å². The van der Waals surface area contributed by atoms with Crippen molar-refractivity contribution in [3.63, 3.8) is 0 Å². The van der Waals surface area contributed by atoms with Gasteiger partial charge >= 0.3 is 0 Å². The molecule has 27 heavy (non-hydrogen) atoms. The fourth-order valence-electron chi connectivity index (χ4n) is 2.97. The predicted molar refractivity (Wildman–Crippen MR) is 107 cm³/mol. The Morgan fingerprint density at radius 3 is 1.85 bits per heavy atom. The standard InChI is InChI=1S/C22H21NO3S/c1-22(18-11-5-2-6-12-18,21(24)23-19-13-7-3-8-14-19)17-27(25,26)20-15-9-4-10-16-20/h2-16H,17H2,1H3,(H,23,24). The van der Waals surface area contributed by atoms with Gasteiger partial charge in [-0.3, -0.25) is 4.79 Å². The Hall–Kier alpha value is -2.92. The topological polar surface area (TPSA) is 63.2 Å². The van der Waals surface area contributed by atoms with E-state index >= 15 is 0 Å². The minimum Gasteiger partial charge on any atom is -0.325 e. The molecule has 0 radical (unpaired) electrons. The summed E-state index contributed by atoms with van der Waals surface area (Å²) in [7, 11) is -3.66. The van der Waals surface area contributed by atoms with Gasteiger partial charge in [0.1, 0.15) is 0 Å². The number of sulfone groups is 1. The first-order valence-electron chi connectivity index (χ1n) is 8.62. The fraction of sp³-hybridized carbons (Fsp3) is 0.136. The van der Waals surface area contributed by atoms with Gasteiger partial charge in [-0.25, -0.2) is 8.42 Å². The van der Waals surface area contributed by atoms with Gasteiger partial charge in [0.2, 0.25) is 5.91 Å². The van der Waals surface area contributed by atoms with E-state index in [1.54, 1.807) is 73.7 Å². The highest BCUT2D eigenvalue weighted by molar-refractivity contribution is 7.91. The first kappa shape index (κ1) is 18.9. The van der Waals surface area contributed by atoms with Crippen molar-refractivity contribution in [3.05, 3.63) is 96.6 Å². The van der Waals surface area contributed by atoms with Crippen molar-refractivity contribution < 1.29 is 13.2 Å². The maximum Gasteiger partial charge on any atom is 0.235 e. The minimum absolute atomic E-state index is 0.208. The summed E-state index contributed by atoms with van der Waals surface area (Å²) in [6, 6.07) is 26.3. The molecule has 0 aliphatic heterocycles. The lowest BCUT2D eigenvalue weighted by atomic mass is 9.83. The summed E-state index contributed by atoms with van der Waals surface area (Å²) in [5, 5.41) is 2.85. The van der Waals surface area contributed by atoms with Crippen LogP contribution in [0.3, 0.4) is 0 Å². The zero-order chi connectivity index (χ0) is 19.3. The number of amides is 1. The Balaban J connectivity index is 2.00. The predicted octanol–water partition coefficient (Wildman–Crippen LogP) is 4.06. The second-order valence-corrected chi connectivity index (χ2v) is 8.58. The number of hydrogen-bond acceptors (Lipinski definition) is 3. The summed E-state index contributed by atoms with van der Waals surface area (Å²) >= 11 is 0. The van der Waals surface area contributed by atoms with E-state index in [-0.39, 0.29) is 16.6 Å². The molecule has 1 N–H and O–H groups in total. The average Bonchev–Trinajstić information content (AvgIpc) is 2.69. The summed E-state index contributed by atoms with van der Waals surface area (Å²) in [5.74, 6) is -0.688. The van der Waals surface area contributed by atoms with Gasteiger partial charge in [-0.05, 0) is 36.8 Å². The lowest BCUT2D eigenvalue weighted by Gasteiger charge is -2.29. The van der Waals surface area contributed by atoms with Gasteiger partial charge in [-0.2, -0.15) is 0 Å². The third-order valence-electron chi connectivity index (χ3n) is 4.52. The maximum atomic E-state index is 13.2. The van der Waals surface area contributed by atoms with Crippen molar-refractivity contribution in [3.8, 4) is 0 Å². The van der Waals surface area contributed by atoms with Crippen LogP contribution in [0, 0.1) is 0 Å². The van der Waals surface area contributed by atoms with Crippen LogP contribution < -0.4 is 5.32 Å². The Bertz CT molecular complexity index is 1000. The molecule has 0 saturated heterocycles. The molecule has 1 atom stereocenters. The van der Waals surface area contributed by atoms with Crippen molar-refractivity contribution >= 4 is 21.4 Å². The van der Waals surface area contributed by atoms with E-state index in [4.69, 9.17) is 0 Å². The molecule has 3 aromatic rings. The molecule has 5 heteroatoms. The van der Waals surface area contributed by atoms with Crippen LogP contribution in [0.25, 0.3) is 0 Å². The van der Waals surface area contributed by atoms with Crippen molar-refractivity contribution in [1.29, 1.82) is 0 Å². The molecular formula is C22H21NO3S. The lowest BCUT2D eigenvalue weighted by Crippen LogP contribution is -2.43. The molecule has 0 spiro atoms. The molecule has 0 aromatic heterocycles. The normalized spacial score (nSPS) is 13.5. The molecular weight excluding hydrogens is 358 g/mol. The zero-order valence-electron chi connectivity index (χ0n) is 15.0. The number of para-hydroxylation sites is 1. The number of anilines is 1. The van der Waals surface area contributed by atoms with Crippen LogP contribution in [0.5, 0.6) is 0 Å². The molecule has 3 aromatic carbocycles. The molecule has 3 rings (SSSR count). The van der Waals surface area contributed by atoms with Crippen LogP contribution in [-0.4, -0.2) is 20.1 Å². The van der Waals surface area contributed by atoms with Crippen LogP contribution in [0.2, 0.25) is 0 Å². The Morgan fingerprint density at radius 1 is 0.815 bits per heavy atom. The number of benzene rings is 3. The van der Waals surface area contributed by atoms with E-state index < -0.39 is 15.3 Å². The number of rotatable bonds is 6. The van der Waals surface area contributed by atoms with Gasteiger partial charge in [0, 0.05) is 5.69 Å². The highest BCUT2D eigenvalue weighted by Gasteiger charge is 2.40. The third kappa shape index (κ3) is 4.26. The first-order valence-corrected chi connectivity index (χ1v) is 10.3. The van der Waals surface area contributed by atoms with Crippen molar-refractivity contribution in [1.82, 2.24) is 0 Å². The lowest BCUT2D eigenvalue weighted by molar-refractivity contribution is -0.120. The van der Waals surface area contributed by atoms with Crippen LogP contribution in [0.1, 0.15) is 12.5 Å². The van der Waals surface area contributed by atoms with E-state index in [9.17, 15) is 13.2 Å². The number of nitrogens with one attached hydrogen (secondary N) is 1. The van der Waals surface area contributed by atoms with Crippen LogP contribution in [0.4, 0.5) is 5.69 Å². The van der Waals surface area contributed by atoms with Gasteiger partial charge in [-0.1, -0.05) is 66.7 Å². The molecule has 0 aliphatic carbocycles. The Kier molecular flexibility index (Phi) is 5.42. The summed E-state index contributed by atoms with van der Waals surface area (Å²) in [5.41, 5.74) is 0.0332. The number of carbonyl (C=O) groups is 1. The van der Waals surface area contributed by atoms with Crippen molar-refractivity contribution in [2.75, 3.05) is 11.1 Å². The molecule has 1 unspecified atom stereocenters. The Labute approximate surface area is 159 Å². The van der Waals surface area contributed by atoms with Gasteiger partial charge in [0.15, 0.2) is 9.84 Å². The SMILES string of the molecule is CC(CS(=O)(=O)c1ccccc1)(C(=O)Nc1ccccc1)c1ccccc1. The average molecular weight is 379 g/mol. The smallest absolute Gasteiger partial charge is 0.235 e. The molecule has 0 bridgehead atoms. The molecule has 0 heterocycles. The number of hydrogen-bond donors (Lipinski definition) is 1. The Morgan fingerprint density at radius 2 is 1.30 bits per heavy atom. The van der Waals surface area contributed by atoms with E-state index in [1.807, 2.05) is 24.3 Å². The highest BCUT2D eigenvalue weighted by Crippen LogP contribution is 2.30. The second-order valence-electron chi connectivity index (χ2n) is 6.59. The van der Waals surface area contributed by atoms with Gasteiger partial charge in [0.25, 0.3) is 0 Å². The maximum absolute atomic E-state index is 13.2. The molecule has 138 valence electrons. The van der Waals surface area contributed by atoms with Crippen molar-refractivity contribution in [2.24, 2.45) is 0 Å². The fourth-order valence-corrected chi connectivity index (χ4v) is 4.76. The summed E-state index contributed by atoms with van der Waals surface area (Å²) in [4.78, 5) is 13.4. The minimum atomic E-state index is -3.66. The first-order chi connectivity index (χ1) is 12.9. The highest BCUT2D eigenvalue weighted by atomic mass is 32.2. The van der Waals surface area contributed by atoms with Gasteiger partial charge in [-0.15, -0.1) is 0 Å². The second kappa shape index (κ2) is 7.76. The van der Waals surface area contributed by atoms with E-state index in [0.29, 0.717) is 11.3 Å². The summed E-state index contributed by atoms with van der Waals surface area (Å²) in [6.07, 6.45) is 0. The molecule has 0 fully saturated rings. The summed E-state index contributed by atoms with van der Waals surface area (Å²) < 4.78 is 26.0. The largest absolute Gasteiger partial charge is 0.325 e.